The first-order chi connectivity index (χ1) is 9.47. The van der Waals surface area contributed by atoms with Crippen molar-refractivity contribution in [1.82, 2.24) is 15.5 Å². The number of rotatable bonds is 6. The van der Waals surface area contributed by atoms with Crippen molar-refractivity contribution in [3.05, 3.63) is 11.3 Å². The van der Waals surface area contributed by atoms with E-state index in [0.29, 0.717) is 11.3 Å². The van der Waals surface area contributed by atoms with Crippen LogP contribution in [0.3, 0.4) is 0 Å². The van der Waals surface area contributed by atoms with Gasteiger partial charge < -0.3 is 20.1 Å². The van der Waals surface area contributed by atoms with E-state index in [0.717, 1.165) is 0 Å². The second-order valence-electron chi connectivity index (χ2n) is 4.23. The summed E-state index contributed by atoms with van der Waals surface area (Å²) in [6.07, 6.45) is 0. The van der Waals surface area contributed by atoms with E-state index in [1.807, 2.05) is 0 Å². The Morgan fingerprint density at radius 1 is 1.40 bits per heavy atom. The molecule has 8 nitrogen and oxygen atoms in total. The number of ether oxygens (including phenoxy) is 2. The van der Waals surface area contributed by atoms with Crippen LogP contribution in [0.5, 0.6) is 0 Å². The van der Waals surface area contributed by atoms with Gasteiger partial charge in [-0.05, 0) is 14.0 Å². The molecule has 1 aliphatic rings. The molecule has 1 heterocycles. The number of esters is 2. The van der Waals surface area contributed by atoms with Crippen molar-refractivity contribution in [2.75, 3.05) is 40.4 Å². The Morgan fingerprint density at radius 3 is 2.70 bits per heavy atom. The molecular weight excluding hydrogens is 266 g/mol. The van der Waals surface area contributed by atoms with Crippen LogP contribution in [0, 0.1) is 0 Å². The van der Waals surface area contributed by atoms with Crippen LogP contribution in [-0.2, 0) is 19.1 Å². The minimum atomic E-state index is -0.485. The van der Waals surface area contributed by atoms with Crippen LogP contribution in [0.2, 0.25) is 0 Å². The van der Waals surface area contributed by atoms with E-state index >= 15 is 0 Å². The van der Waals surface area contributed by atoms with Gasteiger partial charge in [0, 0.05) is 12.2 Å². The highest BCUT2D eigenvalue weighted by molar-refractivity contribution is 5.93. The van der Waals surface area contributed by atoms with E-state index < -0.39 is 11.9 Å². The van der Waals surface area contributed by atoms with Crippen molar-refractivity contribution in [3.63, 3.8) is 0 Å². The first kappa shape index (κ1) is 16.0. The van der Waals surface area contributed by atoms with E-state index in [1.165, 1.54) is 7.11 Å². The Balaban J connectivity index is 2.80. The van der Waals surface area contributed by atoms with E-state index in [-0.39, 0.29) is 32.3 Å². The molecule has 0 radical (unpaired) electrons. The summed E-state index contributed by atoms with van der Waals surface area (Å²) >= 11 is 0. The molecule has 0 aromatic carbocycles. The second-order valence-corrected chi connectivity index (χ2v) is 4.23. The number of carbonyl (C=O) groups is 3. The fourth-order valence-electron chi connectivity index (χ4n) is 1.69. The summed E-state index contributed by atoms with van der Waals surface area (Å²) in [5.41, 5.74) is 0.779. The standard InChI is InChI=1S/C12H19N3O5/c1-4-20-11(17)8-5-13-12(18)14-9(8)6-15(2)7-10(16)19-3/h4-7H2,1-3H3,(H2,13,14,18). The van der Waals surface area contributed by atoms with Crippen LogP contribution >= 0.6 is 0 Å². The van der Waals surface area contributed by atoms with Crippen LogP contribution in [0.1, 0.15) is 6.92 Å². The fourth-order valence-corrected chi connectivity index (χ4v) is 1.69. The number of nitrogens with zero attached hydrogens (tertiary/aromatic N) is 1. The Labute approximate surface area is 117 Å². The summed E-state index contributed by atoms with van der Waals surface area (Å²) in [7, 11) is 2.98. The molecule has 1 rings (SSSR count). The molecule has 112 valence electrons. The Kier molecular flexibility index (Phi) is 5.98. The maximum absolute atomic E-state index is 11.8. The number of amides is 2. The van der Waals surface area contributed by atoms with Gasteiger partial charge in [0.2, 0.25) is 0 Å². The normalized spacial score (nSPS) is 14.7. The third-order valence-corrected chi connectivity index (χ3v) is 2.63. The predicted molar refractivity (Wildman–Crippen MR) is 69.7 cm³/mol. The Hall–Kier alpha value is -2.09. The number of nitrogens with one attached hydrogen (secondary N) is 2. The third kappa shape index (κ3) is 4.54. The molecule has 0 fully saturated rings. The second kappa shape index (κ2) is 7.49. The van der Waals surface area contributed by atoms with Crippen molar-refractivity contribution >= 4 is 18.0 Å². The van der Waals surface area contributed by atoms with Gasteiger partial charge in [0.25, 0.3) is 0 Å². The van der Waals surface area contributed by atoms with Gasteiger partial charge in [-0.3, -0.25) is 9.69 Å². The van der Waals surface area contributed by atoms with Gasteiger partial charge >= 0.3 is 18.0 Å². The smallest absolute Gasteiger partial charge is 0.337 e. The lowest BCUT2D eigenvalue weighted by atomic mass is 10.1. The molecule has 1 aliphatic heterocycles. The molecular formula is C12H19N3O5. The Bertz CT molecular complexity index is 433. The van der Waals surface area contributed by atoms with Crippen molar-refractivity contribution in [2.24, 2.45) is 0 Å². The summed E-state index contributed by atoms with van der Waals surface area (Å²) in [5.74, 6) is -0.882. The molecule has 0 aliphatic carbocycles. The summed E-state index contributed by atoms with van der Waals surface area (Å²) in [5, 5.41) is 5.07. The molecule has 0 saturated carbocycles. The number of likely N-dealkylation sites (N-methyl/N-ethyl adjacent to an activating group) is 1. The zero-order valence-corrected chi connectivity index (χ0v) is 11.8. The minimum Gasteiger partial charge on any atom is -0.468 e. The van der Waals surface area contributed by atoms with Crippen LogP contribution < -0.4 is 10.6 Å². The highest BCUT2D eigenvalue weighted by Gasteiger charge is 2.24. The quantitative estimate of drug-likeness (QED) is 0.622. The Morgan fingerprint density at radius 2 is 2.10 bits per heavy atom. The summed E-state index contributed by atoms with van der Waals surface area (Å²) in [4.78, 5) is 35.9. The zero-order chi connectivity index (χ0) is 15.1. The molecule has 20 heavy (non-hydrogen) atoms. The summed E-state index contributed by atoms with van der Waals surface area (Å²) in [6, 6.07) is -0.389. The lowest BCUT2D eigenvalue weighted by molar-refractivity contribution is -0.141. The predicted octanol–water partition coefficient (Wildman–Crippen LogP) is -0.779. The van der Waals surface area contributed by atoms with Crippen molar-refractivity contribution in [3.8, 4) is 0 Å². The lowest BCUT2D eigenvalue weighted by Gasteiger charge is -2.24. The number of urea groups is 1. The lowest BCUT2D eigenvalue weighted by Crippen LogP contribution is -2.46. The van der Waals surface area contributed by atoms with Gasteiger partial charge in [0.15, 0.2) is 0 Å². The number of methoxy groups -OCH3 is 1. The van der Waals surface area contributed by atoms with E-state index in [2.05, 4.69) is 15.4 Å². The van der Waals surface area contributed by atoms with Gasteiger partial charge in [0.1, 0.15) is 0 Å². The largest absolute Gasteiger partial charge is 0.468 e. The zero-order valence-electron chi connectivity index (χ0n) is 11.8. The number of hydrogen-bond acceptors (Lipinski definition) is 6. The van der Waals surface area contributed by atoms with Crippen LogP contribution in [0.15, 0.2) is 11.3 Å². The van der Waals surface area contributed by atoms with Crippen molar-refractivity contribution < 1.29 is 23.9 Å². The highest BCUT2D eigenvalue weighted by atomic mass is 16.5. The molecule has 0 saturated heterocycles. The monoisotopic (exact) mass is 285 g/mol. The molecule has 0 aromatic heterocycles. The minimum absolute atomic E-state index is 0.0550. The maximum atomic E-state index is 11.8. The van der Waals surface area contributed by atoms with Gasteiger partial charge in [-0.15, -0.1) is 0 Å². The number of hydrogen-bond donors (Lipinski definition) is 2. The molecule has 2 amide bonds. The van der Waals surface area contributed by atoms with Crippen molar-refractivity contribution in [2.45, 2.75) is 6.92 Å². The molecule has 0 unspecified atom stereocenters. The first-order valence-electron chi connectivity index (χ1n) is 6.17. The number of carbonyl (C=O) groups excluding carboxylic acids is 3. The fraction of sp³-hybridized carbons (Fsp3) is 0.583. The average molecular weight is 285 g/mol. The van der Waals surface area contributed by atoms with Gasteiger partial charge in [-0.2, -0.15) is 0 Å². The summed E-state index contributed by atoms with van der Waals surface area (Å²) < 4.78 is 9.49. The van der Waals surface area contributed by atoms with Gasteiger partial charge in [-0.25, -0.2) is 9.59 Å². The first-order valence-corrected chi connectivity index (χ1v) is 6.17. The molecule has 8 heteroatoms. The molecule has 0 spiro atoms. The average Bonchev–Trinajstić information content (AvgIpc) is 2.38. The van der Waals surface area contributed by atoms with E-state index in [4.69, 9.17) is 4.74 Å². The molecule has 2 N–H and O–H groups in total. The molecule has 0 atom stereocenters. The van der Waals surface area contributed by atoms with E-state index in [9.17, 15) is 14.4 Å². The van der Waals surface area contributed by atoms with Crippen LogP contribution in [0.4, 0.5) is 4.79 Å². The SMILES string of the molecule is CCOC(=O)C1=C(CN(C)CC(=O)OC)NC(=O)NC1. The third-order valence-electron chi connectivity index (χ3n) is 2.63. The highest BCUT2D eigenvalue weighted by Crippen LogP contribution is 2.09. The van der Waals surface area contributed by atoms with Crippen LogP contribution in [-0.4, -0.2) is 63.3 Å². The van der Waals surface area contributed by atoms with Gasteiger partial charge in [-0.1, -0.05) is 0 Å². The van der Waals surface area contributed by atoms with E-state index in [1.54, 1.807) is 18.9 Å². The summed E-state index contributed by atoms with van der Waals surface area (Å²) in [6.45, 7) is 2.35. The molecule has 0 aromatic rings. The van der Waals surface area contributed by atoms with Gasteiger partial charge in [0.05, 0.1) is 32.4 Å². The van der Waals surface area contributed by atoms with Crippen molar-refractivity contribution in [1.29, 1.82) is 0 Å². The maximum Gasteiger partial charge on any atom is 0.337 e. The van der Waals surface area contributed by atoms with Crippen LogP contribution in [0.25, 0.3) is 0 Å². The topological polar surface area (TPSA) is 97.0 Å². The molecule has 0 bridgehead atoms.